The molecular weight excluding hydrogens is 637 g/mol. The van der Waals surface area contributed by atoms with Gasteiger partial charge in [-0.2, -0.15) is 0 Å². The third-order valence-electron chi connectivity index (χ3n) is 10.2. The minimum atomic E-state index is 0.597. The molecule has 0 bridgehead atoms. The molecule has 0 N–H and O–H groups in total. The summed E-state index contributed by atoms with van der Waals surface area (Å²) in [6.07, 6.45) is 0. The van der Waals surface area contributed by atoms with Crippen LogP contribution in [0.3, 0.4) is 0 Å². The van der Waals surface area contributed by atoms with Gasteiger partial charge in [-0.15, -0.1) is 0 Å². The van der Waals surface area contributed by atoms with E-state index in [0.717, 1.165) is 66.1 Å². The van der Waals surface area contributed by atoms with Gasteiger partial charge >= 0.3 is 0 Å². The molecule has 0 saturated heterocycles. The van der Waals surface area contributed by atoms with E-state index in [1.54, 1.807) is 0 Å². The second-order valence-electron chi connectivity index (χ2n) is 13.2. The Morgan fingerprint density at radius 2 is 1.00 bits per heavy atom. The van der Waals surface area contributed by atoms with E-state index in [9.17, 15) is 0 Å². The van der Waals surface area contributed by atoms with Crippen LogP contribution in [-0.4, -0.2) is 19.5 Å². The molecule has 5 heteroatoms. The van der Waals surface area contributed by atoms with Gasteiger partial charge in [0.15, 0.2) is 17.5 Å². The summed E-state index contributed by atoms with van der Waals surface area (Å²) in [6.45, 7) is 0. The van der Waals surface area contributed by atoms with Gasteiger partial charge in [0.05, 0.1) is 11.0 Å². The number of para-hydroxylation sites is 1. The third-order valence-corrected chi connectivity index (χ3v) is 10.2. The van der Waals surface area contributed by atoms with Crippen molar-refractivity contribution in [2.24, 2.45) is 0 Å². The van der Waals surface area contributed by atoms with Crippen molar-refractivity contribution in [1.29, 1.82) is 0 Å². The third kappa shape index (κ3) is 4.39. The molecule has 3 aromatic heterocycles. The zero-order chi connectivity index (χ0) is 34.2. The number of hydrogen-bond donors (Lipinski definition) is 0. The number of hydrogen-bond acceptors (Lipinski definition) is 4. The van der Waals surface area contributed by atoms with Crippen LogP contribution in [0.5, 0.6) is 0 Å². The van der Waals surface area contributed by atoms with Crippen LogP contribution >= 0.6 is 0 Å². The van der Waals surface area contributed by atoms with Crippen molar-refractivity contribution >= 4 is 65.3 Å². The predicted octanol–water partition coefficient (Wildman–Crippen LogP) is 12.2. The monoisotopic (exact) mass is 664 g/mol. The van der Waals surface area contributed by atoms with E-state index < -0.39 is 0 Å². The Balaban J connectivity index is 1.23. The van der Waals surface area contributed by atoms with E-state index in [-0.39, 0.29) is 0 Å². The Morgan fingerprint density at radius 1 is 0.404 bits per heavy atom. The molecule has 11 aromatic rings. The molecular formula is C47H28N4O. The lowest BCUT2D eigenvalue weighted by Crippen LogP contribution is -2.00. The van der Waals surface area contributed by atoms with Crippen LogP contribution in [0, 0.1) is 0 Å². The summed E-state index contributed by atoms with van der Waals surface area (Å²) < 4.78 is 9.16. The van der Waals surface area contributed by atoms with E-state index >= 15 is 0 Å². The molecule has 0 saturated carbocycles. The van der Waals surface area contributed by atoms with Gasteiger partial charge in [-0.25, -0.2) is 15.0 Å². The Labute approximate surface area is 298 Å². The van der Waals surface area contributed by atoms with Crippen molar-refractivity contribution in [1.82, 2.24) is 19.5 Å². The summed E-state index contributed by atoms with van der Waals surface area (Å²) in [5.41, 5.74) is 7.76. The van der Waals surface area contributed by atoms with Crippen molar-refractivity contribution in [2.75, 3.05) is 0 Å². The summed E-state index contributed by atoms with van der Waals surface area (Å²) in [4.78, 5) is 15.3. The lowest BCUT2D eigenvalue weighted by atomic mass is 9.99. The Bertz CT molecular complexity index is 3120. The maximum Gasteiger partial charge on any atom is 0.164 e. The maximum atomic E-state index is 6.78. The van der Waals surface area contributed by atoms with Gasteiger partial charge < -0.3 is 8.98 Å². The number of rotatable bonds is 4. The van der Waals surface area contributed by atoms with Crippen molar-refractivity contribution < 1.29 is 4.42 Å². The van der Waals surface area contributed by atoms with Gasteiger partial charge in [0, 0.05) is 49.3 Å². The first-order valence-electron chi connectivity index (χ1n) is 17.4. The van der Waals surface area contributed by atoms with Gasteiger partial charge in [0.2, 0.25) is 0 Å². The van der Waals surface area contributed by atoms with Gasteiger partial charge in [0.25, 0.3) is 0 Å². The second-order valence-corrected chi connectivity index (χ2v) is 13.2. The smallest absolute Gasteiger partial charge is 0.164 e. The minimum absolute atomic E-state index is 0.597. The average Bonchev–Trinajstić information content (AvgIpc) is 3.76. The van der Waals surface area contributed by atoms with Gasteiger partial charge in [-0.05, 0) is 58.6 Å². The zero-order valence-electron chi connectivity index (χ0n) is 27.9. The summed E-state index contributed by atoms with van der Waals surface area (Å²) in [7, 11) is 0. The van der Waals surface area contributed by atoms with Crippen LogP contribution in [-0.2, 0) is 0 Å². The molecule has 0 aliphatic carbocycles. The summed E-state index contributed by atoms with van der Waals surface area (Å²) in [5, 5.41) is 8.97. The normalized spacial score (nSPS) is 11.8. The first kappa shape index (κ1) is 28.7. The molecule has 8 aromatic carbocycles. The van der Waals surface area contributed by atoms with E-state index in [1.165, 1.54) is 21.5 Å². The molecule has 0 fully saturated rings. The molecule has 0 radical (unpaired) electrons. The lowest BCUT2D eigenvalue weighted by Gasteiger charge is -2.11. The predicted molar refractivity (Wildman–Crippen MR) is 213 cm³/mol. The van der Waals surface area contributed by atoms with E-state index in [0.29, 0.717) is 17.5 Å². The van der Waals surface area contributed by atoms with Crippen molar-refractivity contribution in [3.63, 3.8) is 0 Å². The fraction of sp³-hybridized carbons (Fsp3) is 0. The van der Waals surface area contributed by atoms with E-state index in [2.05, 4.69) is 114 Å². The van der Waals surface area contributed by atoms with Crippen LogP contribution in [0.1, 0.15) is 0 Å². The first-order chi connectivity index (χ1) is 25.8. The minimum Gasteiger partial charge on any atom is -0.455 e. The highest BCUT2D eigenvalue weighted by molar-refractivity contribution is 6.21. The highest BCUT2D eigenvalue weighted by Gasteiger charge is 2.22. The van der Waals surface area contributed by atoms with Crippen LogP contribution in [0.25, 0.3) is 105 Å². The van der Waals surface area contributed by atoms with Crippen LogP contribution in [0.2, 0.25) is 0 Å². The van der Waals surface area contributed by atoms with Crippen molar-refractivity contribution in [2.45, 2.75) is 0 Å². The molecule has 0 aliphatic heterocycles. The molecule has 52 heavy (non-hydrogen) atoms. The first-order valence-corrected chi connectivity index (χ1v) is 17.4. The molecule has 11 rings (SSSR count). The number of furan rings is 1. The Kier molecular flexibility index (Phi) is 6.18. The summed E-state index contributed by atoms with van der Waals surface area (Å²) in [6, 6.07) is 59.2. The van der Waals surface area contributed by atoms with Crippen molar-refractivity contribution in [3.05, 3.63) is 170 Å². The molecule has 5 nitrogen and oxygen atoms in total. The second kappa shape index (κ2) is 11.2. The quantitative estimate of drug-likeness (QED) is 0.188. The van der Waals surface area contributed by atoms with E-state index in [4.69, 9.17) is 19.4 Å². The molecule has 0 unspecified atom stereocenters. The SMILES string of the molecule is c1ccc(-c2nc(-c3ccccc3)nc(-c3cc4ccccc4c4oc5ccc(-n6c7ccccc7c7cc8ccccc8cc76)cc5c34)n2)cc1. The summed E-state index contributed by atoms with van der Waals surface area (Å²) in [5.74, 6) is 1.84. The van der Waals surface area contributed by atoms with Crippen LogP contribution < -0.4 is 0 Å². The van der Waals surface area contributed by atoms with Gasteiger partial charge in [-0.1, -0.05) is 127 Å². The van der Waals surface area contributed by atoms with Crippen LogP contribution in [0.15, 0.2) is 174 Å². The molecule has 0 atom stereocenters. The largest absolute Gasteiger partial charge is 0.455 e. The fourth-order valence-corrected chi connectivity index (χ4v) is 7.78. The maximum absolute atomic E-state index is 6.78. The zero-order valence-corrected chi connectivity index (χ0v) is 27.9. The topological polar surface area (TPSA) is 56.7 Å². The van der Waals surface area contributed by atoms with E-state index in [1.807, 2.05) is 60.7 Å². The molecule has 242 valence electrons. The molecule has 3 heterocycles. The number of benzene rings is 8. The number of fused-ring (bicyclic) bond motifs is 9. The molecule has 0 amide bonds. The molecule has 0 spiro atoms. The van der Waals surface area contributed by atoms with Gasteiger partial charge in [0.1, 0.15) is 11.2 Å². The number of nitrogens with zero attached hydrogens (tertiary/aromatic N) is 4. The van der Waals surface area contributed by atoms with Crippen LogP contribution in [0.4, 0.5) is 0 Å². The fourth-order valence-electron chi connectivity index (χ4n) is 7.78. The standard InChI is InChI=1S/C47H28N4O/c1-3-13-29(14-4-1)45-48-46(30-15-5-2-6-16-30)50-47(49-45)39-26-33-19-9-10-20-35(33)44-43(39)38-28-34(23-24-42(38)52-44)51-40-22-12-11-21-36(40)37-25-31-17-7-8-18-32(31)27-41(37)51/h1-28H. The average molecular weight is 665 g/mol. The molecule has 0 aliphatic rings. The highest BCUT2D eigenvalue weighted by atomic mass is 16.3. The van der Waals surface area contributed by atoms with Crippen molar-refractivity contribution in [3.8, 4) is 39.9 Å². The highest BCUT2D eigenvalue weighted by Crippen LogP contribution is 2.43. The Morgan fingerprint density at radius 3 is 1.73 bits per heavy atom. The van der Waals surface area contributed by atoms with Gasteiger partial charge in [-0.3, -0.25) is 0 Å². The summed E-state index contributed by atoms with van der Waals surface area (Å²) >= 11 is 0. The number of aromatic nitrogens is 4. The Hall–Kier alpha value is -7.11. The lowest BCUT2D eigenvalue weighted by molar-refractivity contribution is 0.672.